The number of carbonyl (C=O) groups excluding carboxylic acids is 1. The maximum atomic E-state index is 13.2. The minimum atomic E-state index is -0.319. The van der Waals surface area contributed by atoms with Gasteiger partial charge in [-0.3, -0.25) is 19.6 Å². The molecule has 1 saturated carbocycles. The predicted octanol–water partition coefficient (Wildman–Crippen LogP) is 4.20. The number of rotatable bonds is 4. The summed E-state index contributed by atoms with van der Waals surface area (Å²) in [6.45, 7) is 1.80. The van der Waals surface area contributed by atoms with Crippen LogP contribution in [0.4, 0.5) is 0 Å². The maximum Gasteiger partial charge on any atom is 0.274 e. The molecule has 4 aromatic rings. The van der Waals surface area contributed by atoms with Gasteiger partial charge in [0.15, 0.2) is 5.65 Å². The zero-order valence-electron chi connectivity index (χ0n) is 19.7. The van der Waals surface area contributed by atoms with Crippen LogP contribution in [-0.2, 0) is 0 Å². The second-order valence-electron chi connectivity index (χ2n) is 9.15. The van der Waals surface area contributed by atoms with E-state index in [2.05, 4.69) is 32.2 Å². The standard InChI is InChI=1S/C26H28N6O2/c1-16-23(28-14-13-27-16)24-22(26(34)31(2)3)25-29-20(15-21(33)32(25)30-24)19-11-9-18(10-12-19)17-7-5-4-6-8-17/h9-15,17,29H,4-8H2,1-3H3. The molecule has 0 bridgehead atoms. The summed E-state index contributed by atoms with van der Waals surface area (Å²) in [6.07, 6.45) is 9.50. The van der Waals surface area contributed by atoms with Crippen molar-refractivity contribution < 1.29 is 4.79 Å². The summed E-state index contributed by atoms with van der Waals surface area (Å²) in [4.78, 5) is 39.7. The fraction of sp³-hybridized carbons (Fsp3) is 0.346. The molecule has 8 heteroatoms. The lowest BCUT2D eigenvalue weighted by Gasteiger charge is -2.22. The molecule has 174 valence electrons. The molecule has 0 radical (unpaired) electrons. The van der Waals surface area contributed by atoms with Gasteiger partial charge in [-0.2, -0.15) is 9.61 Å². The SMILES string of the molecule is Cc1nccnc1-c1nn2c(=O)cc(-c3ccc(C4CCCCC4)cc3)[nH]c2c1C(=O)N(C)C. The second-order valence-corrected chi connectivity index (χ2v) is 9.15. The number of hydrogen-bond donors (Lipinski definition) is 1. The Hall–Kier alpha value is -3.81. The van der Waals surface area contributed by atoms with E-state index in [1.54, 1.807) is 33.4 Å². The average molecular weight is 457 g/mol. The van der Waals surface area contributed by atoms with E-state index in [0.29, 0.717) is 39.9 Å². The number of fused-ring (bicyclic) bond motifs is 1. The van der Waals surface area contributed by atoms with Crippen LogP contribution in [0.3, 0.4) is 0 Å². The Bertz CT molecular complexity index is 1410. The van der Waals surface area contributed by atoms with Crippen molar-refractivity contribution in [2.24, 2.45) is 0 Å². The van der Waals surface area contributed by atoms with E-state index in [1.807, 2.05) is 12.1 Å². The first kappa shape index (κ1) is 22.0. The third-order valence-electron chi connectivity index (χ3n) is 6.64. The summed E-state index contributed by atoms with van der Waals surface area (Å²) in [5.41, 5.74) is 4.64. The third kappa shape index (κ3) is 3.89. The topological polar surface area (TPSA) is 96.2 Å². The molecule has 0 aliphatic heterocycles. The van der Waals surface area contributed by atoms with Gasteiger partial charge < -0.3 is 9.88 Å². The number of nitrogens with one attached hydrogen (secondary N) is 1. The number of amides is 1. The van der Waals surface area contributed by atoms with E-state index < -0.39 is 0 Å². The highest BCUT2D eigenvalue weighted by Gasteiger charge is 2.26. The van der Waals surface area contributed by atoms with Gasteiger partial charge >= 0.3 is 0 Å². The van der Waals surface area contributed by atoms with Gasteiger partial charge in [-0.1, -0.05) is 43.5 Å². The molecule has 1 amide bonds. The number of carbonyl (C=O) groups is 1. The average Bonchev–Trinajstić information content (AvgIpc) is 3.24. The van der Waals surface area contributed by atoms with Crippen molar-refractivity contribution in [1.82, 2.24) is 29.5 Å². The molecule has 1 N–H and O–H groups in total. The van der Waals surface area contributed by atoms with Crippen LogP contribution < -0.4 is 5.56 Å². The Morgan fingerprint density at radius 2 is 1.74 bits per heavy atom. The van der Waals surface area contributed by atoms with Crippen molar-refractivity contribution in [1.29, 1.82) is 0 Å². The molecule has 3 aromatic heterocycles. The molecule has 0 saturated heterocycles. The molecule has 3 heterocycles. The monoisotopic (exact) mass is 456 g/mol. The van der Waals surface area contributed by atoms with Gasteiger partial charge in [0.05, 0.1) is 11.4 Å². The van der Waals surface area contributed by atoms with E-state index >= 15 is 0 Å². The molecular formula is C26H28N6O2. The van der Waals surface area contributed by atoms with Crippen molar-refractivity contribution >= 4 is 11.6 Å². The van der Waals surface area contributed by atoms with Crippen molar-refractivity contribution in [2.75, 3.05) is 14.1 Å². The van der Waals surface area contributed by atoms with Crippen molar-refractivity contribution in [3.8, 4) is 22.6 Å². The minimum absolute atomic E-state index is 0.268. The van der Waals surface area contributed by atoms with Gasteiger partial charge in [0, 0.05) is 32.6 Å². The predicted molar refractivity (Wildman–Crippen MR) is 131 cm³/mol. The lowest BCUT2D eigenvalue weighted by Crippen LogP contribution is -2.23. The molecule has 0 spiro atoms. The smallest absolute Gasteiger partial charge is 0.274 e. The van der Waals surface area contributed by atoms with E-state index in [-0.39, 0.29) is 11.5 Å². The molecule has 8 nitrogen and oxygen atoms in total. The molecule has 0 atom stereocenters. The Morgan fingerprint density at radius 3 is 2.41 bits per heavy atom. The summed E-state index contributed by atoms with van der Waals surface area (Å²) >= 11 is 0. The largest absolute Gasteiger partial charge is 0.345 e. The number of nitrogens with zero attached hydrogens (tertiary/aromatic N) is 5. The first-order valence-corrected chi connectivity index (χ1v) is 11.7. The lowest BCUT2D eigenvalue weighted by atomic mass is 9.84. The highest BCUT2D eigenvalue weighted by Crippen LogP contribution is 2.33. The number of aromatic nitrogens is 5. The number of hydrogen-bond acceptors (Lipinski definition) is 5. The fourth-order valence-corrected chi connectivity index (χ4v) is 4.80. The van der Waals surface area contributed by atoms with E-state index in [4.69, 9.17) is 0 Å². The molecular weight excluding hydrogens is 428 g/mol. The first-order chi connectivity index (χ1) is 16.4. The summed E-state index contributed by atoms with van der Waals surface area (Å²) in [5, 5.41) is 4.48. The van der Waals surface area contributed by atoms with Gasteiger partial charge in [0.2, 0.25) is 0 Å². The quantitative estimate of drug-likeness (QED) is 0.496. The van der Waals surface area contributed by atoms with Crippen LogP contribution >= 0.6 is 0 Å². The number of benzene rings is 1. The zero-order chi connectivity index (χ0) is 23.8. The van der Waals surface area contributed by atoms with Crippen LogP contribution in [0, 0.1) is 6.92 Å². The van der Waals surface area contributed by atoms with E-state index in [0.717, 1.165) is 5.56 Å². The Labute approximate surface area is 197 Å². The molecule has 1 aliphatic rings. The van der Waals surface area contributed by atoms with E-state index in [9.17, 15) is 9.59 Å². The van der Waals surface area contributed by atoms with Crippen LogP contribution in [0.5, 0.6) is 0 Å². The van der Waals surface area contributed by atoms with Crippen molar-refractivity contribution in [3.05, 3.63) is 69.9 Å². The number of aromatic amines is 1. The summed E-state index contributed by atoms with van der Waals surface area (Å²) < 4.78 is 1.24. The minimum Gasteiger partial charge on any atom is -0.345 e. The highest BCUT2D eigenvalue weighted by molar-refractivity contribution is 6.05. The van der Waals surface area contributed by atoms with Crippen LogP contribution in [0.15, 0.2) is 47.5 Å². The number of aryl methyl sites for hydroxylation is 1. The normalized spacial score (nSPS) is 14.4. The van der Waals surface area contributed by atoms with Crippen LogP contribution in [-0.4, -0.2) is 49.5 Å². The summed E-state index contributed by atoms with van der Waals surface area (Å²) in [6, 6.07) is 9.92. The molecule has 1 fully saturated rings. The molecule has 34 heavy (non-hydrogen) atoms. The van der Waals surface area contributed by atoms with Crippen LogP contribution in [0.2, 0.25) is 0 Å². The molecule has 1 aromatic carbocycles. The van der Waals surface area contributed by atoms with Gasteiger partial charge in [-0.15, -0.1) is 0 Å². The molecule has 1 aliphatic carbocycles. The van der Waals surface area contributed by atoms with Crippen LogP contribution in [0.25, 0.3) is 28.3 Å². The Kier molecular flexibility index (Phi) is 5.73. The van der Waals surface area contributed by atoms with Gasteiger partial charge in [-0.05, 0) is 36.8 Å². The highest BCUT2D eigenvalue weighted by atomic mass is 16.2. The maximum absolute atomic E-state index is 13.2. The zero-order valence-corrected chi connectivity index (χ0v) is 19.7. The van der Waals surface area contributed by atoms with Gasteiger partial charge in [-0.25, -0.2) is 0 Å². The van der Waals surface area contributed by atoms with E-state index in [1.165, 1.54) is 53.1 Å². The Morgan fingerprint density at radius 1 is 1.03 bits per heavy atom. The second kappa shape index (κ2) is 8.85. The molecule has 0 unspecified atom stereocenters. The fourth-order valence-electron chi connectivity index (χ4n) is 4.80. The molecule has 5 rings (SSSR count). The van der Waals surface area contributed by atoms with Crippen molar-refractivity contribution in [2.45, 2.75) is 44.9 Å². The van der Waals surface area contributed by atoms with Crippen molar-refractivity contribution in [3.63, 3.8) is 0 Å². The Balaban J connectivity index is 1.64. The number of H-pyrrole nitrogens is 1. The lowest BCUT2D eigenvalue weighted by molar-refractivity contribution is 0.0830. The van der Waals surface area contributed by atoms with Gasteiger partial charge in [0.1, 0.15) is 17.0 Å². The first-order valence-electron chi connectivity index (χ1n) is 11.7. The van der Waals surface area contributed by atoms with Crippen LogP contribution in [0.1, 0.15) is 59.6 Å². The summed E-state index contributed by atoms with van der Waals surface area (Å²) in [7, 11) is 3.34. The summed E-state index contributed by atoms with van der Waals surface area (Å²) in [5.74, 6) is 0.344. The third-order valence-corrected chi connectivity index (χ3v) is 6.64. The van der Waals surface area contributed by atoms with Gasteiger partial charge in [0.25, 0.3) is 11.5 Å².